The Labute approximate surface area is 136 Å². The molecule has 0 heterocycles. The molecule has 23 heavy (non-hydrogen) atoms. The summed E-state index contributed by atoms with van der Waals surface area (Å²) in [6, 6.07) is 15.6. The molecule has 0 aliphatic heterocycles. The van der Waals surface area contributed by atoms with Crippen molar-refractivity contribution in [1.82, 2.24) is 5.32 Å². The van der Waals surface area contributed by atoms with E-state index in [1.165, 1.54) is 6.07 Å². The van der Waals surface area contributed by atoms with Gasteiger partial charge in [-0.05, 0) is 30.5 Å². The van der Waals surface area contributed by atoms with Crippen molar-refractivity contribution in [3.05, 3.63) is 71.5 Å². The highest BCUT2D eigenvalue weighted by atomic mass is 19.1. The molecule has 2 aromatic carbocycles. The van der Waals surface area contributed by atoms with Gasteiger partial charge < -0.3 is 11.1 Å². The van der Waals surface area contributed by atoms with Crippen LogP contribution in [0.3, 0.4) is 0 Å². The molecule has 3 nitrogen and oxygen atoms in total. The largest absolute Gasteiger partial charge is 0.353 e. The first kappa shape index (κ1) is 17.2. The summed E-state index contributed by atoms with van der Waals surface area (Å²) in [5.74, 6) is -0.728. The average Bonchev–Trinajstić information content (AvgIpc) is 2.56. The van der Waals surface area contributed by atoms with Crippen molar-refractivity contribution >= 4 is 5.91 Å². The molecule has 0 saturated carbocycles. The van der Waals surface area contributed by atoms with Crippen LogP contribution in [0.15, 0.2) is 54.6 Å². The highest BCUT2D eigenvalue weighted by Crippen LogP contribution is 2.19. The van der Waals surface area contributed by atoms with E-state index < -0.39 is 0 Å². The maximum atomic E-state index is 13.7. The van der Waals surface area contributed by atoms with Crippen LogP contribution in [0.1, 0.15) is 31.0 Å². The summed E-state index contributed by atoms with van der Waals surface area (Å²) in [6.07, 6.45) is 0.450. The summed E-state index contributed by atoms with van der Waals surface area (Å²) in [4.78, 5) is 12.4. The van der Waals surface area contributed by atoms with Crippen LogP contribution in [0.25, 0.3) is 0 Å². The first-order chi connectivity index (χ1) is 11.0. The average molecular weight is 314 g/mol. The van der Waals surface area contributed by atoms with E-state index in [1.807, 2.05) is 44.2 Å². The molecule has 3 unspecified atom stereocenters. The number of carbonyl (C=O) groups is 1. The fraction of sp³-hybridized carbons (Fsp3) is 0.316. The molecule has 3 atom stereocenters. The third-order valence-electron chi connectivity index (χ3n) is 4.01. The van der Waals surface area contributed by atoms with Gasteiger partial charge >= 0.3 is 0 Å². The zero-order chi connectivity index (χ0) is 16.8. The molecule has 0 aliphatic carbocycles. The molecule has 0 bridgehead atoms. The van der Waals surface area contributed by atoms with Gasteiger partial charge in [0.1, 0.15) is 5.82 Å². The lowest BCUT2D eigenvalue weighted by Crippen LogP contribution is -2.41. The van der Waals surface area contributed by atoms with Gasteiger partial charge in [0.15, 0.2) is 0 Å². The molecule has 1 amide bonds. The molecular formula is C19H23FN2O. The van der Waals surface area contributed by atoms with E-state index in [0.717, 1.165) is 5.56 Å². The van der Waals surface area contributed by atoms with Crippen LogP contribution >= 0.6 is 0 Å². The molecular weight excluding hydrogens is 291 g/mol. The summed E-state index contributed by atoms with van der Waals surface area (Å²) in [7, 11) is 0. The van der Waals surface area contributed by atoms with Crippen molar-refractivity contribution in [3.8, 4) is 0 Å². The Morgan fingerprint density at radius 3 is 2.35 bits per heavy atom. The highest BCUT2D eigenvalue weighted by Gasteiger charge is 2.23. The molecule has 3 N–H and O–H groups in total. The van der Waals surface area contributed by atoms with Crippen molar-refractivity contribution in [2.24, 2.45) is 11.7 Å². The zero-order valence-electron chi connectivity index (χ0n) is 13.5. The van der Waals surface area contributed by atoms with Crippen LogP contribution in [-0.2, 0) is 11.2 Å². The molecule has 4 heteroatoms. The van der Waals surface area contributed by atoms with Crippen molar-refractivity contribution in [2.45, 2.75) is 32.4 Å². The Bertz CT molecular complexity index is 645. The highest BCUT2D eigenvalue weighted by molar-refractivity contribution is 5.79. The quantitative estimate of drug-likeness (QED) is 0.860. The predicted octanol–water partition coefficient (Wildman–Crippen LogP) is 3.21. The second-order valence-corrected chi connectivity index (χ2v) is 5.93. The standard InChI is InChI=1S/C19H23FN2O/c1-13(12-16-10-6-7-11-17(16)20)22-19(23)14(2)18(21)15-8-4-3-5-9-15/h3-11,13-14,18H,12,21H2,1-2H3,(H,22,23). The van der Waals surface area contributed by atoms with Gasteiger partial charge in [0, 0.05) is 12.1 Å². The summed E-state index contributed by atoms with van der Waals surface area (Å²) in [5, 5.41) is 2.92. The van der Waals surface area contributed by atoms with Crippen molar-refractivity contribution < 1.29 is 9.18 Å². The van der Waals surface area contributed by atoms with Gasteiger partial charge in [-0.1, -0.05) is 55.5 Å². The van der Waals surface area contributed by atoms with Crippen LogP contribution in [0.2, 0.25) is 0 Å². The normalized spacial score (nSPS) is 14.8. The second kappa shape index (κ2) is 7.88. The third kappa shape index (κ3) is 4.63. The minimum absolute atomic E-state index is 0.120. The molecule has 0 radical (unpaired) electrons. The maximum absolute atomic E-state index is 13.7. The number of hydrogen-bond acceptors (Lipinski definition) is 2. The number of hydrogen-bond donors (Lipinski definition) is 2. The lowest BCUT2D eigenvalue weighted by atomic mass is 9.94. The lowest BCUT2D eigenvalue weighted by molar-refractivity contribution is -0.125. The molecule has 2 aromatic rings. The summed E-state index contributed by atoms with van der Waals surface area (Å²) < 4.78 is 13.7. The molecule has 0 aliphatic rings. The van der Waals surface area contributed by atoms with Crippen molar-refractivity contribution in [2.75, 3.05) is 0 Å². The Morgan fingerprint density at radius 1 is 1.09 bits per heavy atom. The minimum atomic E-state index is -0.364. The van der Waals surface area contributed by atoms with Gasteiger partial charge in [-0.3, -0.25) is 4.79 Å². The fourth-order valence-corrected chi connectivity index (χ4v) is 2.55. The number of rotatable bonds is 6. The van der Waals surface area contributed by atoms with Crippen molar-refractivity contribution in [3.63, 3.8) is 0 Å². The smallest absolute Gasteiger partial charge is 0.224 e. The van der Waals surface area contributed by atoms with Gasteiger partial charge in [0.2, 0.25) is 5.91 Å². The second-order valence-electron chi connectivity index (χ2n) is 5.93. The molecule has 122 valence electrons. The summed E-state index contributed by atoms with van der Waals surface area (Å²) in [5.41, 5.74) is 7.70. The Kier molecular flexibility index (Phi) is 5.88. The van der Waals surface area contributed by atoms with E-state index in [2.05, 4.69) is 5.32 Å². The molecule has 0 saturated heterocycles. The molecule has 0 fully saturated rings. The van der Waals surface area contributed by atoms with Crippen LogP contribution in [0.4, 0.5) is 4.39 Å². The number of benzene rings is 2. The van der Waals surface area contributed by atoms with E-state index in [0.29, 0.717) is 12.0 Å². The Hall–Kier alpha value is -2.20. The Morgan fingerprint density at radius 2 is 1.70 bits per heavy atom. The van der Waals surface area contributed by atoms with Crippen LogP contribution in [-0.4, -0.2) is 11.9 Å². The summed E-state index contributed by atoms with van der Waals surface area (Å²) in [6.45, 7) is 3.67. The van der Waals surface area contributed by atoms with Gasteiger partial charge in [0.25, 0.3) is 0 Å². The van der Waals surface area contributed by atoms with Crippen LogP contribution in [0, 0.1) is 11.7 Å². The number of nitrogens with one attached hydrogen (secondary N) is 1. The predicted molar refractivity (Wildman–Crippen MR) is 90.2 cm³/mol. The zero-order valence-corrected chi connectivity index (χ0v) is 13.5. The van der Waals surface area contributed by atoms with E-state index >= 15 is 0 Å². The number of nitrogens with two attached hydrogens (primary N) is 1. The topological polar surface area (TPSA) is 55.1 Å². The van der Waals surface area contributed by atoms with Gasteiger partial charge in [0.05, 0.1) is 5.92 Å². The van der Waals surface area contributed by atoms with Crippen molar-refractivity contribution in [1.29, 1.82) is 0 Å². The number of halogens is 1. The van der Waals surface area contributed by atoms with E-state index in [9.17, 15) is 9.18 Å². The maximum Gasteiger partial charge on any atom is 0.224 e. The fourth-order valence-electron chi connectivity index (χ4n) is 2.55. The van der Waals surface area contributed by atoms with Gasteiger partial charge in [-0.2, -0.15) is 0 Å². The SMILES string of the molecule is CC(Cc1ccccc1F)NC(=O)C(C)C(N)c1ccccc1. The molecule has 0 spiro atoms. The lowest BCUT2D eigenvalue weighted by Gasteiger charge is -2.22. The van der Waals surface area contributed by atoms with Crippen LogP contribution < -0.4 is 11.1 Å². The van der Waals surface area contributed by atoms with Gasteiger partial charge in [-0.15, -0.1) is 0 Å². The van der Waals surface area contributed by atoms with E-state index in [4.69, 9.17) is 5.73 Å². The Balaban J connectivity index is 1.94. The monoisotopic (exact) mass is 314 g/mol. The number of amides is 1. The molecule has 2 rings (SSSR count). The van der Waals surface area contributed by atoms with Crippen LogP contribution in [0.5, 0.6) is 0 Å². The van der Waals surface area contributed by atoms with E-state index in [-0.39, 0.29) is 29.7 Å². The first-order valence-electron chi connectivity index (χ1n) is 7.83. The summed E-state index contributed by atoms with van der Waals surface area (Å²) >= 11 is 0. The van der Waals surface area contributed by atoms with E-state index in [1.54, 1.807) is 18.2 Å². The first-order valence-corrected chi connectivity index (χ1v) is 7.83. The minimum Gasteiger partial charge on any atom is -0.353 e. The third-order valence-corrected chi connectivity index (χ3v) is 4.01. The number of carbonyl (C=O) groups excluding carboxylic acids is 1. The van der Waals surface area contributed by atoms with Gasteiger partial charge in [-0.25, -0.2) is 4.39 Å². The molecule has 0 aromatic heterocycles.